The maximum atomic E-state index is 12.8. The summed E-state index contributed by atoms with van der Waals surface area (Å²) >= 11 is 0. The van der Waals surface area contributed by atoms with E-state index in [1.807, 2.05) is 24.3 Å². The van der Waals surface area contributed by atoms with Gasteiger partial charge in [-0.2, -0.15) is 0 Å². The Bertz CT molecular complexity index is 677. The second kappa shape index (κ2) is 5.25. The van der Waals surface area contributed by atoms with Gasteiger partial charge in [0.05, 0.1) is 6.54 Å². The van der Waals surface area contributed by atoms with Gasteiger partial charge in [0, 0.05) is 12.1 Å². The molecule has 0 atom stereocenters. The number of benzene rings is 2. The number of nitrogens with zero attached hydrogens (tertiary/aromatic N) is 1. The summed E-state index contributed by atoms with van der Waals surface area (Å²) in [6.45, 7) is 0.358. The lowest BCUT2D eigenvalue weighted by Gasteiger charge is -2.18. The molecule has 0 radical (unpaired) electrons. The summed E-state index contributed by atoms with van der Waals surface area (Å²) in [6.07, 6.45) is 0.366. The van der Waals surface area contributed by atoms with E-state index >= 15 is 0 Å². The molecule has 0 spiro atoms. The molecule has 0 saturated carbocycles. The molecule has 0 saturated heterocycles. The van der Waals surface area contributed by atoms with Crippen LogP contribution >= 0.6 is 0 Å². The van der Waals surface area contributed by atoms with Crippen molar-refractivity contribution in [2.24, 2.45) is 4.99 Å². The predicted octanol–water partition coefficient (Wildman–Crippen LogP) is 2.96. The van der Waals surface area contributed by atoms with Crippen LogP contribution in [-0.2, 0) is 17.8 Å². The predicted molar refractivity (Wildman–Crippen MR) is 76.3 cm³/mol. The van der Waals surface area contributed by atoms with E-state index in [-0.39, 0.29) is 11.6 Å². The highest BCUT2D eigenvalue weighted by atomic mass is 19.1. The lowest BCUT2D eigenvalue weighted by atomic mass is 10.0. The van der Waals surface area contributed by atoms with Crippen molar-refractivity contribution in [2.75, 3.05) is 5.32 Å². The van der Waals surface area contributed by atoms with E-state index in [1.165, 1.54) is 12.1 Å². The van der Waals surface area contributed by atoms with Gasteiger partial charge < -0.3 is 5.32 Å². The van der Waals surface area contributed by atoms with Crippen LogP contribution in [0.1, 0.15) is 11.1 Å². The van der Waals surface area contributed by atoms with Crippen molar-refractivity contribution in [2.45, 2.75) is 13.0 Å². The standard InChI is InChI=1S/C16H13FN2O/c17-13-7-5-11(6-8-13)10-18-16-15(20)9-12-3-1-2-4-14(12)19-16/h1-8H,9-10H2,(H,18,19). The Morgan fingerprint density at radius 1 is 1.10 bits per heavy atom. The number of halogens is 1. The normalized spacial score (nSPS) is 15.8. The SMILES string of the molecule is O=C1Cc2ccccc2NC1=NCc1ccc(F)cc1. The maximum Gasteiger partial charge on any atom is 0.202 e. The van der Waals surface area contributed by atoms with Gasteiger partial charge >= 0.3 is 0 Å². The van der Waals surface area contributed by atoms with Crippen LogP contribution in [0.3, 0.4) is 0 Å². The van der Waals surface area contributed by atoms with Gasteiger partial charge in [-0.15, -0.1) is 0 Å². The van der Waals surface area contributed by atoms with E-state index in [1.54, 1.807) is 12.1 Å². The molecule has 0 amide bonds. The highest BCUT2D eigenvalue weighted by molar-refractivity contribution is 6.45. The molecule has 100 valence electrons. The smallest absolute Gasteiger partial charge is 0.202 e. The van der Waals surface area contributed by atoms with Crippen LogP contribution in [-0.4, -0.2) is 11.6 Å². The fourth-order valence-corrected chi connectivity index (χ4v) is 2.14. The van der Waals surface area contributed by atoms with Crippen LogP contribution in [0.25, 0.3) is 0 Å². The molecule has 2 aromatic rings. The first kappa shape index (κ1) is 12.5. The summed E-state index contributed by atoms with van der Waals surface area (Å²) in [5.74, 6) is 0.0704. The number of Topliss-reactive ketones (excluding diaryl/α,β-unsaturated/α-hetero) is 1. The monoisotopic (exact) mass is 268 g/mol. The summed E-state index contributed by atoms with van der Waals surface area (Å²) in [6, 6.07) is 13.8. The molecule has 3 rings (SSSR count). The van der Waals surface area contributed by atoms with Gasteiger partial charge in [-0.1, -0.05) is 30.3 Å². The van der Waals surface area contributed by atoms with Crippen molar-refractivity contribution in [3.63, 3.8) is 0 Å². The van der Waals surface area contributed by atoms with E-state index in [0.29, 0.717) is 18.8 Å². The minimum absolute atomic E-state index is 0.0224. The molecule has 4 heteroatoms. The van der Waals surface area contributed by atoms with Gasteiger partial charge in [-0.25, -0.2) is 4.39 Å². The molecule has 1 aliphatic rings. The van der Waals surface area contributed by atoms with Crippen molar-refractivity contribution in [3.8, 4) is 0 Å². The minimum Gasteiger partial charge on any atom is -0.337 e. The average molecular weight is 268 g/mol. The van der Waals surface area contributed by atoms with Gasteiger partial charge in [0.25, 0.3) is 0 Å². The van der Waals surface area contributed by atoms with Crippen LogP contribution in [0, 0.1) is 5.82 Å². The molecule has 0 aromatic heterocycles. The molecule has 20 heavy (non-hydrogen) atoms. The zero-order valence-electron chi connectivity index (χ0n) is 10.8. The largest absolute Gasteiger partial charge is 0.337 e. The molecular weight excluding hydrogens is 255 g/mol. The number of anilines is 1. The first-order chi connectivity index (χ1) is 9.72. The van der Waals surface area contributed by atoms with E-state index in [9.17, 15) is 9.18 Å². The van der Waals surface area contributed by atoms with Gasteiger partial charge in [0.15, 0.2) is 5.84 Å². The van der Waals surface area contributed by atoms with Crippen LogP contribution < -0.4 is 5.32 Å². The number of hydrogen-bond donors (Lipinski definition) is 1. The quantitative estimate of drug-likeness (QED) is 0.909. The fourth-order valence-electron chi connectivity index (χ4n) is 2.14. The van der Waals surface area contributed by atoms with Crippen molar-refractivity contribution in [1.29, 1.82) is 0 Å². The Balaban J connectivity index is 1.79. The lowest BCUT2D eigenvalue weighted by Crippen LogP contribution is -2.30. The van der Waals surface area contributed by atoms with Crippen LogP contribution in [0.15, 0.2) is 53.5 Å². The van der Waals surface area contributed by atoms with Crippen molar-refractivity contribution in [3.05, 3.63) is 65.5 Å². The molecule has 0 fully saturated rings. The number of amidine groups is 1. The summed E-state index contributed by atoms with van der Waals surface area (Å²) in [7, 11) is 0. The highest BCUT2D eigenvalue weighted by Gasteiger charge is 2.20. The molecule has 2 aromatic carbocycles. The number of rotatable bonds is 2. The number of aliphatic imine (C=N–C) groups is 1. The number of fused-ring (bicyclic) bond motifs is 1. The Hall–Kier alpha value is -2.49. The summed E-state index contributed by atoms with van der Waals surface area (Å²) < 4.78 is 12.8. The van der Waals surface area contributed by atoms with E-state index in [0.717, 1.165) is 16.8 Å². The molecular formula is C16H13FN2O. The molecule has 0 unspecified atom stereocenters. The third-order valence-corrected chi connectivity index (χ3v) is 3.22. The Labute approximate surface area is 116 Å². The number of carbonyl (C=O) groups is 1. The van der Waals surface area contributed by atoms with E-state index < -0.39 is 0 Å². The lowest BCUT2D eigenvalue weighted by molar-refractivity contribution is -0.112. The van der Waals surface area contributed by atoms with Crippen molar-refractivity contribution < 1.29 is 9.18 Å². The molecule has 1 heterocycles. The van der Waals surface area contributed by atoms with Gasteiger partial charge in [0.1, 0.15) is 5.82 Å². The van der Waals surface area contributed by atoms with Crippen LogP contribution in [0.5, 0.6) is 0 Å². The topological polar surface area (TPSA) is 41.5 Å². The number of para-hydroxylation sites is 1. The van der Waals surface area contributed by atoms with Gasteiger partial charge in [0.2, 0.25) is 5.78 Å². The summed E-state index contributed by atoms with van der Waals surface area (Å²) in [5, 5.41) is 3.05. The first-order valence-electron chi connectivity index (χ1n) is 6.39. The van der Waals surface area contributed by atoms with Crippen LogP contribution in [0.2, 0.25) is 0 Å². The molecule has 1 aliphatic heterocycles. The molecule has 1 N–H and O–H groups in total. The summed E-state index contributed by atoms with van der Waals surface area (Å²) in [5.41, 5.74) is 2.77. The fraction of sp³-hybridized carbons (Fsp3) is 0.125. The number of hydrogen-bond acceptors (Lipinski definition) is 2. The molecule has 3 nitrogen and oxygen atoms in total. The van der Waals surface area contributed by atoms with Gasteiger partial charge in [-0.3, -0.25) is 9.79 Å². The first-order valence-corrected chi connectivity index (χ1v) is 6.39. The average Bonchev–Trinajstić information content (AvgIpc) is 2.47. The number of carbonyl (C=O) groups excluding carboxylic acids is 1. The third kappa shape index (κ3) is 2.59. The highest BCUT2D eigenvalue weighted by Crippen LogP contribution is 2.20. The third-order valence-electron chi connectivity index (χ3n) is 3.22. The minimum atomic E-state index is -0.276. The van der Waals surface area contributed by atoms with E-state index in [4.69, 9.17) is 0 Å². The number of ketones is 1. The molecule has 0 bridgehead atoms. The maximum absolute atomic E-state index is 12.8. The zero-order valence-corrected chi connectivity index (χ0v) is 10.8. The number of nitrogens with one attached hydrogen (secondary N) is 1. The van der Waals surface area contributed by atoms with E-state index in [2.05, 4.69) is 10.3 Å². The Morgan fingerprint density at radius 3 is 2.65 bits per heavy atom. The van der Waals surface area contributed by atoms with Crippen molar-refractivity contribution >= 4 is 17.3 Å². The Morgan fingerprint density at radius 2 is 1.85 bits per heavy atom. The van der Waals surface area contributed by atoms with Crippen molar-refractivity contribution in [1.82, 2.24) is 0 Å². The zero-order chi connectivity index (χ0) is 13.9. The molecule has 0 aliphatic carbocycles. The van der Waals surface area contributed by atoms with Crippen LogP contribution in [0.4, 0.5) is 10.1 Å². The summed E-state index contributed by atoms with van der Waals surface area (Å²) in [4.78, 5) is 16.3. The Kier molecular flexibility index (Phi) is 3.29. The van der Waals surface area contributed by atoms with Gasteiger partial charge in [-0.05, 0) is 29.3 Å². The second-order valence-corrected chi connectivity index (χ2v) is 4.67. The second-order valence-electron chi connectivity index (χ2n) is 4.67.